The molecule has 1 N–H and O–H groups in total. The number of ketones is 2. The number of anilines is 1. The van der Waals surface area contributed by atoms with Crippen LogP contribution in [0, 0.1) is 11.3 Å². The second kappa shape index (κ2) is 5.06. The number of nitrogens with one attached hydrogen (secondary N) is 1. The Bertz CT molecular complexity index is 811. The highest BCUT2D eigenvalue weighted by atomic mass is 16.2. The van der Waals surface area contributed by atoms with Gasteiger partial charge < -0.3 is 5.32 Å². The SMILES string of the molecule is N#Cc1ccc(NC2=CC(=O)C(=O)c3ccccc32)cc1. The van der Waals surface area contributed by atoms with Crippen LogP contribution < -0.4 is 5.32 Å². The van der Waals surface area contributed by atoms with Crippen LogP contribution in [0.5, 0.6) is 0 Å². The number of carbonyl (C=O) groups is 2. The third-order valence-corrected chi connectivity index (χ3v) is 3.25. The molecule has 0 radical (unpaired) electrons. The van der Waals surface area contributed by atoms with Crippen LogP contribution in [0.25, 0.3) is 5.70 Å². The van der Waals surface area contributed by atoms with Gasteiger partial charge in [-0.2, -0.15) is 5.26 Å². The van der Waals surface area contributed by atoms with Crippen molar-refractivity contribution in [1.29, 1.82) is 5.26 Å². The molecule has 0 saturated carbocycles. The first kappa shape index (κ1) is 12.8. The van der Waals surface area contributed by atoms with E-state index in [9.17, 15) is 9.59 Å². The van der Waals surface area contributed by atoms with Crippen molar-refractivity contribution in [3.05, 3.63) is 71.3 Å². The van der Waals surface area contributed by atoms with Crippen molar-refractivity contribution in [3.63, 3.8) is 0 Å². The van der Waals surface area contributed by atoms with E-state index >= 15 is 0 Å². The molecule has 0 fully saturated rings. The maximum Gasteiger partial charge on any atom is 0.233 e. The quantitative estimate of drug-likeness (QED) is 0.855. The van der Waals surface area contributed by atoms with Gasteiger partial charge in [-0.3, -0.25) is 9.59 Å². The fraction of sp³-hybridized carbons (Fsp3) is 0. The summed E-state index contributed by atoms with van der Waals surface area (Å²) in [7, 11) is 0. The highest BCUT2D eigenvalue weighted by Gasteiger charge is 2.25. The van der Waals surface area contributed by atoms with Crippen LogP contribution in [0.15, 0.2) is 54.6 Å². The Hall–Kier alpha value is -3.19. The summed E-state index contributed by atoms with van der Waals surface area (Å²) in [5.74, 6) is -1.03. The van der Waals surface area contributed by atoms with Gasteiger partial charge in [0.25, 0.3) is 0 Å². The van der Waals surface area contributed by atoms with E-state index in [0.29, 0.717) is 22.4 Å². The minimum atomic E-state index is -0.537. The zero-order valence-electron chi connectivity index (χ0n) is 11.0. The number of hydrogen-bond acceptors (Lipinski definition) is 4. The summed E-state index contributed by atoms with van der Waals surface area (Å²) >= 11 is 0. The Kier molecular flexibility index (Phi) is 3.09. The van der Waals surface area contributed by atoms with Gasteiger partial charge in [0.05, 0.1) is 17.3 Å². The van der Waals surface area contributed by atoms with Crippen molar-refractivity contribution in [2.45, 2.75) is 0 Å². The van der Waals surface area contributed by atoms with E-state index in [1.54, 1.807) is 42.5 Å². The monoisotopic (exact) mass is 274 g/mol. The molecule has 0 aliphatic heterocycles. The van der Waals surface area contributed by atoms with Crippen molar-refractivity contribution in [1.82, 2.24) is 0 Å². The molecule has 0 spiro atoms. The van der Waals surface area contributed by atoms with Crippen molar-refractivity contribution in [2.75, 3.05) is 5.32 Å². The van der Waals surface area contributed by atoms with Gasteiger partial charge in [-0.25, -0.2) is 0 Å². The molecule has 4 nitrogen and oxygen atoms in total. The predicted octanol–water partition coefficient (Wildman–Crippen LogP) is 2.78. The Balaban J connectivity index is 1.98. The standard InChI is InChI=1S/C17H10N2O2/c18-10-11-5-7-12(8-6-11)19-15-9-16(20)17(21)14-4-2-1-3-13(14)15/h1-9,19H. The lowest BCUT2D eigenvalue weighted by atomic mass is 9.92. The molecular formula is C17H10N2O2. The first-order valence-electron chi connectivity index (χ1n) is 6.36. The van der Waals surface area contributed by atoms with E-state index in [1.807, 2.05) is 12.1 Å². The number of rotatable bonds is 2. The summed E-state index contributed by atoms with van der Waals surface area (Å²) in [4.78, 5) is 23.6. The van der Waals surface area contributed by atoms with Crippen LogP contribution in [0.4, 0.5) is 5.69 Å². The molecule has 3 rings (SSSR count). The van der Waals surface area contributed by atoms with Gasteiger partial charge in [0, 0.05) is 22.9 Å². The number of hydrogen-bond donors (Lipinski definition) is 1. The lowest BCUT2D eigenvalue weighted by Crippen LogP contribution is -2.20. The average Bonchev–Trinajstić information content (AvgIpc) is 2.53. The van der Waals surface area contributed by atoms with Gasteiger partial charge in [-0.1, -0.05) is 24.3 Å². The van der Waals surface area contributed by atoms with E-state index in [4.69, 9.17) is 5.26 Å². The number of nitriles is 1. The number of nitrogens with zero attached hydrogens (tertiary/aromatic N) is 1. The third kappa shape index (κ3) is 2.33. The Morgan fingerprint density at radius 2 is 1.57 bits per heavy atom. The minimum Gasteiger partial charge on any atom is -0.355 e. The average molecular weight is 274 g/mol. The van der Waals surface area contributed by atoms with Crippen molar-refractivity contribution >= 4 is 23.0 Å². The van der Waals surface area contributed by atoms with Gasteiger partial charge in [0.2, 0.25) is 11.6 Å². The van der Waals surface area contributed by atoms with E-state index in [2.05, 4.69) is 5.32 Å². The van der Waals surface area contributed by atoms with Crippen LogP contribution in [0.1, 0.15) is 21.5 Å². The first-order valence-corrected chi connectivity index (χ1v) is 6.36. The highest BCUT2D eigenvalue weighted by Crippen LogP contribution is 2.26. The largest absolute Gasteiger partial charge is 0.355 e. The molecule has 1 aliphatic carbocycles. The van der Waals surface area contributed by atoms with Crippen LogP contribution in [0.3, 0.4) is 0 Å². The van der Waals surface area contributed by atoms with E-state index in [0.717, 1.165) is 5.69 Å². The fourth-order valence-corrected chi connectivity index (χ4v) is 2.21. The number of fused-ring (bicyclic) bond motifs is 1. The number of allylic oxidation sites excluding steroid dienone is 1. The molecular weight excluding hydrogens is 264 g/mol. The molecule has 0 bridgehead atoms. The van der Waals surface area contributed by atoms with Gasteiger partial charge in [0.1, 0.15) is 0 Å². The second-order valence-corrected chi connectivity index (χ2v) is 4.61. The Labute approximate surface area is 121 Å². The molecule has 0 aromatic heterocycles. The van der Waals surface area contributed by atoms with E-state index in [1.165, 1.54) is 6.08 Å². The van der Waals surface area contributed by atoms with E-state index < -0.39 is 11.6 Å². The maximum atomic E-state index is 11.8. The molecule has 0 unspecified atom stereocenters. The van der Waals surface area contributed by atoms with E-state index in [-0.39, 0.29) is 0 Å². The first-order chi connectivity index (χ1) is 10.2. The van der Waals surface area contributed by atoms with Crippen LogP contribution in [-0.4, -0.2) is 11.6 Å². The molecule has 0 atom stereocenters. The highest BCUT2D eigenvalue weighted by molar-refractivity contribution is 6.50. The molecule has 21 heavy (non-hydrogen) atoms. The number of benzene rings is 2. The topological polar surface area (TPSA) is 70.0 Å². The fourth-order valence-electron chi connectivity index (χ4n) is 2.21. The maximum absolute atomic E-state index is 11.8. The summed E-state index contributed by atoms with van der Waals surface area (Å²) in [6, 6.07) is 15.9. The van der Waals surface area contributed by atoms with Crippen molar-refractivity contribution in [3.8, 4) is 6.07 Å². The summed E-state index contributed by atoms with van der Waals surface area (Å²) in [6.07, 6.45) is 1.31. The summed E-state index contributed by atoms with van der Waals surface area (Å²) in [5, 5.41) is 11.9. The molecule has 2 aromatic rings. The number of carbonyl (C=O) groups excluding carboxylic acids is 2. The Morgan fingerprint density at radius 3 is 2.24 bits per heavy atom. The van der Waals surface area contributed by atoms with Crippen LogP contribution in [-0.2, 0) is 4.79 Å². The van der Waals surface area contributed by atoms with Crippen molar-refractivity contribution in [2.24, 2.45) is 0 Å². The van der Waals surface area contributed by atoms with Gasteiger partial charge in [-0.15, -0.1) is 0 Å². The molecule has 1 aliphatic rings. The molecule has 4 heteroatoms. The van der Waals surface area contributed by atoms with Crippen LogP contribution >= 0.6 is 0 Å². The second-order valence-electron chi connectivity index (χ2n) is 4.61. The van der Waals surface area contributed by atoms with Gasteiger partial charge in [-0.05, 0) is 24.3 Å². The zero-order valence-corrected chi connectivity index (χ0v) is 11.0. The summed E-state index contributed by atoms with van der Waals surface area (Å²) in [6.45, 7) is 0. The lowest BCUT2D eigenvalue weighted by Gasteiger charge is -2.17. The van der Waals surface area contributed by atoms with Gasteiger partial charge in [0.15, 0.2) is 0 Å². The Morgan fingerprint density at radius 1 is 0.905 bits per heavy atom. The molecule has 0 amide bonds. The third-order valence-electron chi connectivity index (χ3n) is 3.25. The predicted molar refractivity (Wildman–Crippen MR) is 78.5 cm³/mol. The normalized spacial score (nSPS) is 13.2. The lowest BCUT2D eigenvalue weighted by molar-refractivity contribution is -0.111. The molecule has 2 aromatic carbocycles. The molecule has 100 valence electrons. The molecule has 0 saturated heterocycles. The summed E-state index contributed by atoms with van der Waals surface area (Å²) in [5.41, 5.74) is 2.99. The van der Waals surface area contributed by atoms with Gasteiger partial charge >= 0.3 is 0 Å². The number of Topliss-reactive ketones (excluding diaryl/α,β-unsaturated/α-hetero) is 1. The van der Waals surface area contributed by atoms with Crippen molar-refractivity contribution < 1.29 is 9.59 Å². The zero-order chi connectivity index (χ0) is 14.8. The summed E-state index contributed by atoms with van der Waals surface area (Å²) < 4.78 is 0. The molecule has 0 heterocycles. The van der Waals surface area contributed by atoms with Crippen LogP contribution in [0.2, 0.25) is 0 Å². The smallest absolute Gasteiger partial charge is 0.233 e. The minimum absolute atomic E-state index is 0.404.